The molecule has 0 aromatic heterocycles. The van der Waals surface area contributed by atoms with Gasteiger partial charge in [0.15, 0.2) is 11.4 Å². The second-order valence-corrected chi connectivity index (χ2v) is 12.2. The van der Waals surface area contributed by atoms with Gasteiger partial charge in [-0.3, -0.25) is 9.59 Å². The number of ketones is 1. The van der Waals surface area contributed by atoms with Crippen LogP contribution in [0.15, 0.2) is 41.5 Å². The lowest BCUT2D eigenvalue weighted by molar-refractivity contribution is -0.363. The highest BCUT2D eigenvalue weighted by Gasteiger charge is 2.77. The molecule has 4 N–H and O–H groups in total. The summed E-state index contributed by atoms with van der Waals surface area (Å²) < 4.78 is 17.7. The number of aliphatic hydroxyl groups is 4. The molecule has 10 nitrogen and oxygen atoms in total. The van der Waals surface area contributed by atoms with Gasteiger partial charge in [0.2, 0.25) is 0 Å². The molecule has 5 rings (SSSR count). The Labute approximate surface area is 226 Å². The van der Waals surface area contributed by atoms with Gasteiger partial charge >= 0.3 is 11.9 Å². The predicted molar refractivity (Wildman–Crippen MR) is 135 cm³/mol. The highest BCUT2D eigenvalue weighted by atomic mass is 16.6. The van der Waals surface area contributed by atoms with Crippen molar-refractivity contribution in [3.05, 3.63) is 47.0 Å². The van der Waals surface area contributed by atoms with E-state index in [2.05, 4.69) is 0 Å². The zero-order valence-corrected chi connectivity index (χ0v) is 22.7. The Morgan fingerprint density at radius 3 is 2.28 bits per heavy atom. The molecule has 1 aromatic carbocycles. The third-order valence-corrected chi connectivity index (χ3v) is 10.00. The Hall–Kier alpha value is -2.63. The van der Waals surface area contributed by atoms with E-state index in [1.165, 1.54) is 32.9 Å². The largest absolute Gasteiger partial charge is 0.455 e. The molecule has 9 atom stereocenters. The minimum Gasteiger partial charge on any atom is -0.455 e. The summed E-state index contributed by atoms with van der Waals surface area (Å²) in [4.78, 5) is 39.3. The molecule has 1 saturated heterocycles. The predicted octanol–water partition coefficient (Wildman–Crippen LogP) is 1.08. The number of rotatable bonds is 3. The topological polar surface area (TPSA) is 160 Å². The Morgan fingerprint density at radius 1 is 1.08 bits per heavy atom. The summed E-state index contributed by atoms with van der Waals surface area (Å²) in [6.07, 6.45) is -7.57. The van der Waals surface area contributed by atoms with Crippen LogP contribution < -0.4 is 0 Å². The average molecular weight is 545 g/mol. The lowest BCUT2D eigenvalue weighted by atomic mass is 9.44. The van der Waals surface area contributed by atoms with Gasteiger partial charge in [-0.15, -0.1) is 0 Å². The lowest BCUT2D eigenvalue weighted by Gasteiger charge is -2.68. The first kappa shape index (κ1) is 27.9. The molecule has 10 heteroatoms. The third-order valence-electron chi connectivity index (χ3n) is 10.00. The van der Waals surface area contributed by atoms with Crippen LogP contribution in [0.1, 0.15) is 57.8 Å². The van der Waals surface area contributed by atoms with Crippen LogP contribution in [0, 0.1) is 16.7 Å². The fraction of sp³-hybridized carbons (Fsp3) is 0.621. The maximum atomic E-state index is 13.6. The van der Waals surface area contributed by atoms with Crippen LogP contribution >= 0.6 is 0 Å². The molecule has 39 heavy (non-hydrogen) atoms. The Bertz CT molecular complexity index is 1240. The number of carbonyl (C=O) groups excluding carboxylic acids is 3. The van der Waals surface area contributed by atoms with Crippen molar-refractivity contribution >= 4 is 17.7 Å². The fourth-order valence-electron chi connectivity index (χ4n) is 7.70. The van der Waals surface area contributed by atoms with E-state index in [0.29, 0.717) is 0 Å². The molecule has 212 valence electrons. The SMILES string of the molecule is CC(=O)O[C@@]12COC1C[C@H](O)[C@]1(C)C2C(OC(=O)c2ccccc2)[C@]2(O)CC(=O)C(C)=C([C@@H](O)[C@@H]1O)C2(C)C. The molecule has 1 aliphatic heterocycles. The summed E-state index contributed by atoms with van der Waals surface area (Å²) in [6, 6.07) is 8.08. The summed E-state index contributed by atoms with van der Waals surface area (Å²) >= 11 is 0. The van der Waals surface area contributed by atoms with Crippen molar-refractivity contribution in [3.63, 3.8) is 0 Å². The molecule has 3 aliphatic carbocycles. The van der Waals surface area contributed by atoms with E-state index in [9.17, 15) is 34.8 Å². The smallest absolute Gasteiger partial charge is 0.338 e. The molecular weight excluding hydrogens is 508 g/mol. The van der Waals surface area contributed by atoms with E-state index in [0.717, 1.165) is 0 Å². The van der Waals surface area contributed by atoms with Gasteiger partial charge in [-0.25, -0.2) is 4.79 Å². The molecule has 0 spiro atoms. The van der Waals surface area contributed by atoms with Gasteiger partial charge < -0.3 is 34.6 Å². The molecule has 0 amide bonds. The zero-order chi connectivity index (χ0) is 28.7. The van der Waals surface area contributed by atoms with Crippen molar-refractivity contribution in [2.45, 2.75) is 89.2 Å². The van der Waals surface area contributed by atoms with E-state index >= 15 is 0 Å². The molecule has 2 saturated carbocycles. The van der Waals surface area contributed by atoms with Gasteiger partial charge in [0, 0.05) is 30.6 Å². The van der Waals surface area contributed by atoms with Crippen molar-refractivity contribution in [3.8, 4) is 0 Å². The molecular formula is C29H36O10. The van der Waals surface area contributed by atoms with Crippen LogP contribution in [0.2, 0.25) is 0 Å². The number of Topliss-reactive ketones (excluding diaryl/α,β-unsaturated/α-hetero) is 1. The van der Waals surface area contributed by atoms with Crippen molar-refractivity contribution in [1.82, 2.24) is 0 Å². The molecule has 3 unspecified atom stereocenters. The molecule has 1 heterocycles. The second-order valence-electron chi connectivity index (χ2n) is 12.2. The first-order valence-electron chi connectivity index (χ1n) is 13.2. The van der Waals surface area contributed by atoms with Crippen LogP contribution in [0.5, 0.6) is 0 Å². The first-order chi connectivity index (χ1) is 18.1. The Morgan fingerprint density at radius 2 is 1.72 bits per heavy atom. The van der Waals surface area contributed by atoms with Gasteiger partial charge in [0.1, 0.15) is 23.9 Å². The van der Waals surface area contributed by atoms with Gasteiger partial charge in [-0.05, 0) is 30.2 Å². The van der Waals surface area contributed by atoms with E-state index in [4.69, 9.17) is 14.2 Å². The Balaban J connectivity index is 1.81. The summed E-state index contributed by atoms with van der Waals surface area (Å²) in [5.41, 5.74) is -6.24. The number of aliphatic hydroxyl groups excluding tert-OH is 3. The fourth-order valence-corrected chi connectivity index (χ4v) is 7.70. The van der Waals surface area contributed by atoms with Gasteiger partial charge in [-0.1, -0.05) is 39.0 Å². The Kier molecular flexibility index (Phi) is 6.40. The monoisotopic (exact) mass is 544 g/mol. The van der Waals surface area contributed by atoms with E-state index < -0.39 is 82.6 Å². The van der Waals surface area contributed by atoms with Gasteiger partial charge in [-0.2, -0.15) is 0 Å². The van der Waals surface area contributed by atoms with Crippen LogP contribution in [0.4, 0.5) is 0 Å². The van der Waals surface area contributed by atoms with Crippen LogP contribution in [-0.4, -0.2) is 86.5 Å². The summed E-state index contributed by atoms with van der Waals surface area (Å²) in [7, 11) is 0. The summed E-state index contributed by atoms with van der Waals surface area (Å²) in [5, 5.41) is 47.6. The number of fused-ring (bicyclic) bond motifs is 5. The van der Waals surface area contributed by atoms with Crippen molar-refractivity contribution in [1.29, 1.82) is 0 Å². The first-order valence-corrected chi connectivity index (χ1v) is 13.2. The molecule has 3 fully saturated rings. The molecule has 2 bridgehead atoms. The molecule has 0 radical (unpaired) electrons. The quantitative estimate of drug-likeness (QED) is 0.406. The number of allylic oxidation sites excluding steroid dienone is 1. The van der Waals surface area contributed by atoms with Gasteiger partial charge in [0.25, 0.3) is 0 Å². The van der Waals surface area contributed by atoms with Crippen LogP contribution in [-0.2, 0) is 23.8 Å². The standard InChI is InChI=1S/C29H36O10/c1-14-17(31)12-29(36)24(38-25(35)16-9-7-6-8-10-16)22-27(5,23(34)21(33)20(14)26(29,3)4)18(32)11-19-28(22,13-37-19)39-15(2)30/h6-10,18-19,21-24,32-34,36H,11-13H2,1-5H3/t18-,19?,21+,22?,23-,24?,27+,28-,29+/m0/s1. The number of ether oxygens (including phenoxy) is 3. The minimum atomic E-state index is -2.12. The van der Waals surface area contributed by atoms with Crippen LogP contribution in [0.3, 0.4) is 0 Å². The molecule has 4 aliphatic rings. The second kappa shape index (κ2) is 8.94. The summed E-state index contributed by atoms with van der Waals surface area (Å²) in [5.74, 6) is -3.24. The lowest BCUT2D eigenvalue weighted by Crippen LogP contribution is -2.82. The number of carbonyl (C=O) groups is 3. The van der Waals surface area contributed by atoms with E-state index in [1.807, 2.05) is 0 Å². The summed E-state index contributed by atoms with van der Waals surface area (Å²) in [6.45, 7) is 7.33. The van der Waals surface area contributed by atoms with E-state index in [-0.39, 0.29) is 29.7 Å². The van der Waals surface area contributed by atoms with Crippen LogP contribution in [0.25, 0.3) is 0 Å². The number of esters is 2. The maximum Gasteiger partial charge on any atom is 0.338 e. The molecule has 1 aromatic rings. The van der Waals surface area contributed by atoms with E-state index in [1.54, 1.807) is 32.0 Å². The normalized spacial score (nSPS) is 42.7. The van der Waals surface area contributed by atoms with Crippen molar-refractivity contribution < 1.29 is 49.0 Å². The van der Waals surface area contributed by atoms with Crippen molar-refractivity contribution in [2.75, 3.05) is 6.61 Å². The van der Waals surface area contributed by atoms with Gasteiger partial charge in [0.05, 0.1) is 30.3 Å². The number of hydrogen-bond donors (Lipinski definition) is 4. The third kappa shape index (κ3) is 3.62. The minimum absolute atomic E-state index is 0.0395. The average Bonchev–Trinajstić information content (AvgIpc) is 2.87. The highest BCUT2D eigenvalue weighted by Crippen LogP contribution is 2.64. The van der Waals surface area contributed by atoms with Crippen molar-refractivity contribution in [2.24, 2.45) is 16.7 Å². The highest BCUT2D eigenvalue weighted by molar-refractivity contribution is 5.98. The number of hydrogen-bond acceptors (Lipinski definition) is 10. The maximum absolute atomic E-state index is 13.6. The zero-order valence-electron chi connectivity index (χ0n) is 22.7. The number of benzene rings is 1.